The highest BCUT2D eigenvalue weighted by Crippen LogP contribution is 2.34. The molecule has 1 aromatic heterocycles. The van der Waals surface area contributed by atoms with Crippen molar-refractivity contribution >= 4 is 17.2 Å². The first kappa shape index (κ1) is 13.1. The van der Waals surface area contributed by atoms with Crippen LogP contribution in [0.3, 0.4) is 0 Å². The lowest BCUT2D eigenvalue weighted by Crippen LogP contribution is -2.29. The van der Waals surface area contributed by atoms with Crippen LogP contribution in [0.15, 0.2) is 36.0 Å². The van der Waals surface area contributed by atoms with Crippen LogP contribution in [0.1, 0.15) is 34.1 Å². The molecule has 0 spiro atoms. The highest BCUT2D eigenvalue weighted by molar-refractivity contribution is 7.11. The summed E-state index contributed by atoms with van der Waals surface area (Å²) in [7, 11) is 1.66. The number of ether oxygens (including phenoxy) is 1. The predicted octanol–water partition coefficient (Wildman–Crippen LogP) is 3.13. The molecule has 1 aliphatic rings. The summed E-state index contributed by atoms with van der Waals surface area (Å²) < 4.78 is 5.18. The van der Waals surface area contributed by atoms with Gasteiger partial charge < -0.3 is 9.64 Å². The van der Waals surface area contributed by atoms with Crippen molar-refractivity contribution in [3.8, 4) is 5.75 Å². The Bertz CT molecular complexity index is 580. The minimum Gasteiger partial charge on any atom is -0.497 e. The molecule has 104 valence electrons. The van der Waals surface area contributed by atoms with Gasteiger partial charge in [-0.25, -0.2) is 0 Å². The zero-order chi connectivity index (χ0) is 13.9. The molecular formula is C15H16N2O2S. The molecule has 2 aromatic rings. The van der Waals surface area contributed by atoms with Crippen LogP contribution < -0.4 is 4.74 Å². The van der Waals surface area contributed by atoms with E-state index in [9.17, 15) is 4.79 Å². The zero-order valence-corrected chi connectivity index (χ0v) is 12.1. The lowest BCUT2D eigenvalue weighted by atomic mass is 10.0. The quantitative estimate of drug-likeness (QED) is 0.871. The highest BCUT2D eigenvalue weighted by Gasteiger charge is 2.31. The molecule has 3 rings (SSSR count). The molecule has 0 radical (unpaired) electrons. The molecule has 0 bridgehead atoms. The third-order valence-electron chi connectivity index (χ3n) is 3.66. The number of likely N-dealkylation sites (tertiary alicyclic amines) is 1. The van der Waals surface area contributed by atoms with Crippen LogP contribution in [-0.4, -0.2) is 29.4 Å². The zero-order valence-electron chi connectivity index (χ0n) is 11.3. The summed E-state index contributed by atoms with van der Waals surface area (Å²) in [5.74, 6) is 0.929. The van der Waals surface area contributed by atoms with E-state index in [-0.39, 0.29) is 11.9 Å². The molecule has 0 aliphatic carbocycles. The second-order valence-corrected chi connectivity index (χ2v) is 5.68. The van der Waals surface area contributed by atoms with Gasteiger partial charge in [-0.05, 0) is 30.5 Å². The normalized spacial score (nSPS) is 18.2. The molecule has 0 N–H and O–H groups in total. The fraction of sp³-hybridized carbons (Fsp3) is 0.333. The van der Waals surface area contributed by atoms with Crippen molar-refractivity contribution in [2.75, 3.05) is 13.7 Å². The topological polar surface area (TPSA) is 42.4 Å². The number of carbonyl (C=O) groups is 1. The van der Waals surface area contributed by atoms with Crippen molar-refractivity contribution in [3.63, 3.8) is 0 Å². The van der Waals surface area contributed by atoms with Crippen LogP contribution in [0.5, 0.6) is 5.75 Å². The molecule has 1 amide bonds. The minimum absolute atomic E-state index is 0.0887. The van der Waals surface area contributed by atoms with E-state index in [2.05, 4.69) is 4.98 Å². The Morgan fingerprint density at radius 1 is 1.40 bits per heavy atom. The largest absolute Gasteiger partial charge is 0.497 e. The minimum atomic E-state index is 0.0887. The monoisotopic (exact) mass is 288 g/mol. The first-order valence-electron chi connectivity index (χ1n) is 6.63. The van der Waals surface area contributed by atoms with Gasteiger partial charge in [0.05, 0.1) is 24.9 Å². The molecule has 1 fully saturated rings. The molecular weight excluding hydrogens is 272 g/mol. The number of rotatable bonds is 3. The van der Waals surface area contributed by atoms with E-state index in [1.165, 1.54) is 16.9 Å². The molecule has 2 heterocycles. The van der Waals surface area contributed by atoms with Crippen LogP contribution in [0, 0.1) is 0 Å². The van der Waals surface area contributed by atoms with Crippen molar-refractivity contribution in [2.24, 2.45) is 0 Å². The molecule has 5 heteroatoms. The Balaban J connectivity index is 1.83. The smallest absolute Gasteiger partial charge is 0.266 e. The van der Waals surface area contributed by atoms with Gasteiger partial charge in [0.2, 0.25) is 0 Å². The number of hydrogen-bond acceptors (Lipinski definition) is 4. The third-order valence-corrected chi connectivity index (χ3v) is 4.42. The molecule has 0 saturated carbocycles. The van der Waals surface area contributed by atoms with Gasteiger partial charge in [-0.3, -0.25) is 9.78 Å². The maximum Gasteiger partial charge on any atom is 0.266 e. The van der Waals surface area contributed by atoms with Gasteiger partial charge in [-0.2, -0.15) is 0 Å². The fourth-order valence-electron chi connectivity index (χ4n) is 2.65. The number of thiazole rings is 1. The first-order chi connectivity index (χ1) is 9.79. The van der Waals surface area contributed by atoms with E-state index in [0.717, 1.165) is 25.1 Å². The van der Waals surface area contributed by atoms with Crippen molar-refractivity contribution in [1.29, 1.82) is 0 Å². The standard InChI is InChI=1S/C15H16N2O2S/c1-19-12-6-4-11(5-7-12)13-3-2-8-17(13)15(18)14-9-16-10-20-14/h4-7,9-10,13H,2-3,8H2,1H3. The summed E-state index contributed by atoms with van der Waals surface area (Å²) in [6.07, 6.45) is 3.70. The predicted molar refractivity (Wildman–Crippen MR) is 78.1 cm³/mol. The van der Waals surface area contributed by atoms with Crippen LogP contribution in [0.25, 0.3) is 0 Å². The van der Waals surface area contributed by atoms with Gasteiger partial charge in [-0.1, -0.05) is 12.1 Å². The van der Waals surface area contributed by atoms with Gasteiger partial charge in [0.15, 0.2) is 0 Å². The number of amides is 1. The summed E-state index contributed by atoms with van der Waals surface area (Å²) in [5.41, 5.74) is 2.87. The Morgan fingerprint density at radius 2 is 2.20 bits per heavy atom. The van der Waals surface area contributed by atoms with E-state index in [1.54, 1.807) is 18.8 Å². The highest BCUT2D eigenvalue weighted by atomic mass is 32.1. The Labute approximate surface area is 122 Å². The van der Waals surface area contributed by atoms with E-state index in [1.807, 2.05) is 29.2 Å². The number of benzene rings is 1. The molecule has 1 atom stereocenters. The fourth-order valence-corrected chi connectivity index (χ4v) is 3.22. The summed E-state index contributed by atoms with van der Waals surface area (Å²) >= 11 is 1.40. The molecule has 1 aliphatic heterocycles. The molecule has 1 aromatic carbocycles. The van der Waals surface area contributed by atoms with Gasteiger partial charge >= 0.3 is 0 Å². The van der Waals surface area contributed by atoms with E-state index in [0.29, 0.717) is 4.88 Å². The summed E-state index contributed by atoms with van der Waals surface area (Å²) in [6.45, 7) is 0.813. The number of methoxy groups -OCH3 is 1. The first-order valence-corrected chi connectivity index (χ1v) is 7.51. The summed E-state index contributed by atoms with van der Waals surface area (Å²) in [6, 6.07) is 8.14. The molecule has 20 heavy (non-hydrogen) atoms. The molecule has 1 saturated heterocycles. The lowest BCUT2D eigenvalue weighted by molar-refractivity contribution is 0.0740. The van der Waals surface area contributed by atoms with Crippen LogP contribution in [0.4, 0.5) is 0 Å². The average Bonchev–Trinajstić information content (AvgIpc) is 3.18. The second-order valence-electron chi connectivity index (χ2n) is 4.80. The Morgan fingerprint density at radius 3 is 2.85 bits per heavy atom. The maximum absolute atomic E-state index is 12.5. The van der Waals surface area contributed by atoms with Gasteiger partial charge in [0, 0.05) is 6.54 Å². The van der Waals surface area contributed by atoms with Crippen molar-refractivity contribution in [2.45, 2.75) is 18.9 Å². The number of nitrogens with zero attached hydrogens (tertiary/aromatic N) is 2. The maximum atomic E-state index is 12.5. The van der Waals surface area contributed by atoms with Crippen molar-refractivity contribution < 1.29 is 9.53 Å². The van der Waals surface area contributed by atoms with E-state index < -0.39 is 0 Å². The van der Waals surface area contributed by atoms with Crippen LogP contribution in [0.2, 0.25) is 0 Å². The van der Waals surface area contributed by atoms with E-state index >= 15 is 0 Å². The number of carbonyl (C=O) groups excluding carboxylic acids is 1. The number of hydrogen-bond donors (Lipinski definition) is 0. The van der Waals surface area contributed by atoms with Crippen molar-refractivity contribution in [3.05, 3.63) is 46.4 Å². The number of aromatic nitrogens is 1. The Kier molecular flexibility index (Phi) is 3.69. The van der Waals surface area contributed by atoms with Crippen LogP contribution >= 0.6 is 11.3 Å². The van der Waals surface area contributed by atoms with Crippen molar-refractivity contribution in [1.82, 2.24) is 9.88 Å². The van der Waals surface area contributed by atoms with Crippen LogP contribution in [-0.2, 0) is 0 Å². The second kappa shape index (κ2) is 5.63. The summed E-state index contributed by atoms with van der Waals surface area (Å²) in [5, 5.41) is 0. The summed E-state index contributed by atoms with van der Waals surface area (Å²) in [4.78, 5) is 19.1. The lowest BCUT2D eigenvalue weighted by Gasteiger charge is -2.24. The average molecular weight is 288 g/mol. The van der Waals surface area contributed by atoms with Gasteiger partial charge in [-0.15, -0.1) is 11.3 Å². The molecule has 1 unspecified atom stereocenters. The molecule has 4 nitrogen and oxygen atoms in total. The SMILES string of the molecule is COc1ccc(C2CCCN2C(=O)c2cncs2)cc1. The Hall–Kier alpha value is -1.88. The van der Waals surface area contributed by atoms with Gasteiger partial charge in [0.25, 0.3) is 5.91 Å². The van der Waals surface area contributed by atoms with E-state index in [4.69, 9.17) is 4.74 Å². The third kappa shape index (κ3) is 2.41. The van der Waals surface area contributed by atoms with Gasteiger partial charge in [0.1, 0.15) is 10.6 Å².